The molecule has 3 amide bonds. The summed E-state index contributed by atoms with van der Waals surface area (Å²) in [5.41, 5.74) is 0.151. The van der Waals surface area contributed by atoms with Crippen LogP contribution in [-0.2, 0) is 30.3 Å². The monoisotopic (exact) mass is 447 g/mol. The number of hydrogen-bond donors (Lipinski definition) is 2. The zero-order chi connectivity index (χ0) is 23.9. The predicted octanol–water partition coefficient (Wildman–Crippen LogP) is 1.79. The summed E-state index contributed by atoms with van der Waals surface area (Å²) in [5, 5.41) is 5.21. The minimum absolute atomic E-state index is 0.245. The molecule has 0 bridgehead atoms. The second-order valence-electron chi connectivity index (χ2n) is 8.83. The van der Waals surface area contributed by atoms with Gasteiger partial charge in [0.1, 0.15) is 23.7 Å². The third kappa shape index (κ3) is 7.25. The molecule has 1 aliphatic heterocycles. The highest BCUT2D eigenvalue weighted by atomic mass is 16.6. The molecular formula is C23H33N3O6. The molecule has 176 valence electrons. The van der Waals surface area contributed by atoms with Crippen LogP contribution in [0.15, 0.2) is 30.3 Å². The lowest BCUT2D eigenvalue weighted by molar-refractivity contribution is -0.151. The number of alkyl carbamates (subject to hydrolysis) is 1. The van der Waals surface area contributed by atoms with Gasteiger partial charge in [0.25, 0.3) is 0 Å². The largest absolute Gasteiger partial charge is 0.467 e. The minimum Gasteiger partial charge on any atom is -0.467 e. The number of benzene rings is 1. The average Bonchev–Trinajstić information content (AvgIpc) is 3.21. The Kier molecular flexibility index (Phi) is 8.63. The van der Waals surface area contributed by atoms with Gasteiger partial charge in [-0.25, -0.2) is 9.59 Å². The Bertz CT molecular complexity index is 821. The van der Waals surface area contributed by atoms with Gasteiger partial charge in [0.15, 0.2) is 0 Å². The van der Waals surface area contributed by atoms with E-state index in [0.717, 1.165) is 5.56 Å². The summed E-state index contributed by atoms with van der Waals surface area (Å²) in [6.07, 6.45) is 0.709. The lowest BCUT2D eigenvalue weighted by atomic mass is 10.0. The number of esters is 1. The van der Waals surface area contributed by atoms with Gasteiger partial charge in [-0.1, -0.05) is 30.3 Å². The second-order valence-corrected chi connectivity index (χ2v) is 8.83. The summed E-state index contributed by atoms with van der Waals surface area (Å²) in [4.78, 5) is 51.7. The van der Waals surface area contributed by atoms with Crippen molar-refractivity contribution in [2.45, 2.75) is 70.7 Å². The summed E-state index contributed by atoms with van der Waals surface area (Å²) >= 11 is 0. The summed E-state index contributed by atoms with van der Waals surface area (Å²) in [7, 11) is 1.29. The SMILES string of the molecule is COC(=O)[C@@H]1CCCN1C(=O)[C@@H](Cc1ccccc1)NC(=O)[C@H](C)NC(=O)OC(C)(C)C. The van der Waals surface area contributed by atoms with Crippen LogP contribution in [0, 0.1) is 0 Å². The molecule has 2 N–H and O–H groups in total. The van der Waals surface area contributed by atoms with Crippen LogP contribution in [0.4, 0.5) is 4.79 Å². The molecule has 0 saturated carbocycles. The van der Waals surface area contributed by atoms with Crippen LogP contribution in [0.2, 0.25) is 0 Å². The fourth-order valence-corrected chi connectivity index (χ4v) is 3.51. The van der Waals surface area contributed by atoms with E-state index in [9.17, 15) is 19.2 Å². The van der Waals surface area contributed by atoms with E-state index in [-0.39, 0.29) is 12.3 Å². The first-order chi connectivity index (χ1) is 15.0. The number of amides is 3. The van der Waals surface area contributed by atoms with Gasteiger partial charge in [0.2, 0.25) is 11.8 Å². The van der Waals surface area contributed by atoms with Crippen LogP contribution in [0.5, 0.6) is 0 Å². The molecule has 0 radical (unpaired) electrons. The highest BCUT2D eigenvalue weighted by Crippen LogP contribution is 2.20. The van der Waals surface area contributed by atoms with Crippen molar-refractivity contribution in [3.63, 3.8) is 0 Å². The zero-order valence-electron chi connectivity index (χ0n) is 19.3. The Hall–Kier alpha value is -3.10. The molecule has 0 unspecified atom stereocenters. The van der Waals surface area contributed by atoms with E-state index < -0.39 is 41.7 Å². The molecule has 9 heteroatoms. The molecule has 0 aromatic heterocycles. The first kappa shape index (κ1) is 25.2. The number of rotatable bonds is 7. The average molecular weight is 448 g/mol. The molecule has 0 spiro atoms. The molecule has 9 nitrogen and oxygen atoms in total. The van der Waals surface area contributed by atoms with Crippen LogP contribution in [0.25, 0.3) is 0 Å². The molecule has 1 heterocycles. The highest BCUT2D eigenvalue weighted by Gasteiger charge is 2.38. The Morgan fingerprint density at radius 1 is 1.12 bits per heavy atom. The number of nitrogens with zero attached hydrogens (tertiary/aromatic N) is 1. The molecule has 1 aromatic rings. The lowest BCUT2D eigenvalue weighted by Gasteiger charge is -2.29. The van der Waals surface area contributed by atoms with Gasteiger partial charge >= 0.3 is 12.1 Å². The van der Waals surface area contributed by atoms with Crippen molar-refractivity contribution in [1.82, 2.24) is 15.5 Å². The Morgan fingerprint density at radius 3 is 2.38 bits per heavy atom. The molecule has 1 aromatic carbocycles. The number of nitrogens with one attached hydrogen (secondary N) is 2. The van der Waals surface area contributed by atoms with Crippen molar-refractivity contribution in [2.24, 2.45) is 0 Å². The maximum absolute atomic E-state index is 13.3. The fourth-order valence-electron chi connectivity index (χ4n) is 3.51. The van der Waals surface area contributed by atoms with Gasteiger partial charge in [0, 0.05) is 13.0 Å². The Labute approximate surface area is 188 Å². The number of carbonyl (C=O) groups excluding carboxylic acids is 4. The van der Waals surface area contributed by atoms with E-state index in [1.54, 1.807) is 20.8 Å². The maximum atomic E-state index is 13.3. The van der Waals surface area contributed by atoms with E-state index in [1.165, 1.54) is 18.9 Å². The van der Waals surface area contributed by atoms with Crippen LogP contribution >= 0.6 is 0 Å². The molecular weight excluding hydrogens is 414 g/mol. The molecule has 3 atom stereocenters. The third-order valence-corrected chi connectivity index (χ3v) is 5.03. The summed E-state index contributed by atoms with van der Waals surface area (Å²) in [6.45, 7) is 7.08. The van der Waals surface area contributed by atoms with E-state index in [2.05, 4.69) is 10.6 Å². The topological polar surface area (TPSA) is 114 Å². The molecule has 1 fully saturated rings. The normalized spacial score (nSPS) is 17.8. The van der Waals surface area contributed by atoms with Crippen LogP contribution in [-0.4, -0.2) is 66.2 Å². The molecule has 1 saturated heterocycles. The van der Waals surface area contributed by atoms with Crippen molar-refractivity contribution < 1.29 is 28.7 Å². The smallest absolute Gasteiger partial charge is 0.408 e. The molecule has 2 rings (SSSR count). The van der Waals surface area contributed by atoms with Crippen molar-refractivity contribution in [3.05, 3.63) is 35.9 Å². The van der Waals surface area contributed by atoms with Gasteiger partial charge in [-0.05, 0) is 46.1 Å². The number of ether oxygens (including phenoxy) is 2. The van der Waals surface area contributed by atoms with Crippen LogP contribution in [0.1, 0.15) is 46.1 Å². The van der Waals surface area contributed by atoms with Gasteiger partial charge in [-0.3, -0.25) is 9.59 Å². The predicted molar refractivity (Wildman–Crippen MR) is 118 cm³/mol. The van der Waals surface area contributed by atoms with E-state index in [0.29, 0.717) is 19.4 Å². The van der Waals surface area contributed by atoms with Crippen molar-refractivity contribution in [2.75, 3.05) is 13.7 Å². The minimum atomic E-state index is -0.925. The van der Waals surface area contributed by atoms with E-state index in [4.69, 9.17) is 9.47 Å². The summed E-state index contributed by atoms with van der Waals surface area (Å²) in [5.74, 6) is -1.36. The summed E-state index contributed by atoms with van der Waals surface area (Å²) < 4.78 is 10.0. The van der Waals surface area contributed by atoms with Crippen molar-refractivity contribution in [1.29, 1.82) is 0 Å². The van der Waals surface area contributed by atoms with Crippen LogP contribution < -0.4 is 10.6 Å². The summed E-state index contributed by atoms with van der Waals surface area (Å²) in [6, 6.07) is 6.77. The fraction of sp³-hybridized carbons (Fsp3) is 0.565. The zero-order valence-corrected chi connectivity index (χ0v) is 19.3. The van der Waals surface area contributed by atoms with Gasteiger partial charge < -0.3 is 25.0 Å². The highest BCUT2D eigenvalue weighted by molar-refractivity contribution is 5.93. The number of hydrogen-bond acceptors (Lipinski definition) is 6. The van der Waals surface area contributed by atoms with Crippen LogP contribution in [0.3, 0.4) is 0 Å². The first-order valence-electron chi connectivity index (χ1n) is 10.7. The second kappa shape index (κ2) is 11.0. The lowest BCUT2D eigenvalue weighted by Crippen LogP contribution is -2.56. The number of likely N-dealkylation sites (tertiary alicyclic amines) is 1. The van der Waals surface area contributed by atoms with Gasteiger partial charge in [-0.2, -0.15) is 0 Å². The van der Waals surface area contributed by atoms with Crippen molar-refractivity contribution in [3.8, 4) is 0 Å². The quantitative estimate of drug-likeness (QED) is 0.616. The standard InChI is InChI=1S/C23H33N3O6/c1-15(24-22(30)32-23(2,3)4)19(27)25-17(14-16-10-7-6-8-11-16)20(28)26-13-9-12-18(26)21(29)31-5/h6-8,10-11,15,17-18H,9,12-14H2,1-5H3,(H,24,30)(H,25,27)/t15-,17+,18-/m0/s1. The Balaban J connectivity index is 2.14. The van der Waals surface area contributed by atoms with Gasteiger partial charge in [0.05, 0.1) is 7.11 Å². The van der Waals surface area contributed by atoms with Gasteiger partial charge in [-0.15, -0.1) is 0 Å². The molecule has 32 heavy (non-hydrogen) atoms. The Morgan fingerprint density at radius 2 is 1.78 bits per heavy atom. The van der Waals surface area contributed by atoms with E-state index >= 15 is 0 Å². The third-order valence-electron chi connectivity index (χ3n) is 5.03. The first-order valence-corrected chi connectivity index (χ1v) is 10.7. The molecule has 1 aliphatic rings. The van der Waals surface area contributed by atoms with Crippen molar-refractivity contribution >= 4 is 23.9 Å². The number of carbonyl (C=O) groups is 4. The number of methoxy groups -OCH3 is 1. The maximum Gasteiger partial charge on any atom is 0.408 e. The van der Waals surface area contributed by atoms with E-state index in [1.807, 2.05) is 30.3 Å². The molecule has 0 aliphatic carbocycles.